The van der Waals surface area contributed by atoms with Crippen LogP contribution in [-0.4, -0.2) is 53.1 Å². The first kappa shape index (κ1) is 14.0. The van der Waals surface area contributed by atoms with Crippen molar-refractivity contribution in [1.82, 2.24) is 14.7 Å². The molecule has 1 aromatic rings. The van der Waals surface area contributed by atoms with E-state index in [4.69, 9.17) is 9.47 Å². The van der Waals surface area contributed by atoms with Crippen LogP contribution in [0.2, 0.25) is 0 Å². The molecule has 1 aliphatic rings. The Morgan fingerprint density at radius 3 is 3.11 bits per heavy atom. The lowest BCUT2D eigenvalue weighted by atomic mass is 10.2. The van der Waals surface area contributed by atoms with Gasteiger partial charge in [-0.3, -0.25) is 9.58 Å². The molecule has 0 bridgehead atoms. The van der Waals surface area contributed by atoms with E-state index in [0.717, 1.165) is 25.4 Å². The summed E-state index contributed by atoms with van der Waals surface area (Å²) in [5.74, 6) is -0.299. The maximum absolute atomic E-state index is 11.9. The van der Waals surface area contributed by atoms with E-state index in [1.165, 1.54) is 0 Å². The fraction of sp³-hybridized carbons (Fsp3) is 0.692. The predicted molar refractivity (Wildman–Crippen MR) is 69.9 cm³/mol. The molecule has 6 heteroatoms. The molecule has 0 radical (unpaired) electrons. The van der Waals surface area contributed by atoms with Gasteiger partial charge in [0.05, 0.1) is 31.2 Å². The molecule has 0 N–H and O–H groups in total. The average Bonchev–Trinajstić information content (AvgIpc) is 2.72. The topological polar surface area (TPSA) is 56.6 Å². The summed E-state index contributed by atoms with van der Waals surface area (Å²) < 4.78 is 12.3. The summed E-state index contributed by atoms with van der Waals surface area (Å²) in [5, 5.41) is 4.16. The molecule has 106 valence electrons. The minimum absolute atomic E-state index is 0.230. The highest BCUT2D eigenvalue weighted by atomic mass is 16.5. The van der Waals surface area contributed by atoms with Gasteiger partial charge in [0.2, 0.25) is 0 Å². The number of rotatable bonds is 4. The van der Waals surface area contributed by atoms with E-state index in [2.05, 4.69) is 16.9 Å². The van der Waals surface area contributed by atoms with Crippen LogP contribution in [0.5, 0.6) is 0 Å². The largest absolute Gasteiger partial charge is 0.462 e. The molecule has 1 atom stereocenters. The van der Waals surface area contributed by atoms with E-state index in [1.54, 1.807) is 17.8 Å². The highest BCUT2D eigenvalue weighted by Gasteiger charge is 2.22. The molecule has 2 rings (SSSR count). The number of hydrogen-bond acceptors (Lipinski definition) is 5. The van der Waals surface area contributed by atoms with Gasteiger partial charge in [-0.1, -0.05) is 0 Å². The number of hydrogen-bond donors (Lipinski definition) is 0. The van der Waals surface area contributed by atoms with Crippen molar-refractivity contribution < 1.29 is 14.3 Å². The molecule has 2 heterocycles. The van der Waals surface area contributed by atoms with Crippen LogP contribution in [0.4, 0.5) is 0 Å². The van der Waals surface area contributed by atoms with Crippen LogP contribution < -0.4 is 0 Å². The third-order valence-corrected chi connectivity index (χ3v) is 3.26. The van der Waals surface area contributed by atoms with Gasteiger partial charge < -0.3 is 9.47 Å². The van der Waals surface area contributed by atoms with E-state index >= 15 is 0 Å². The van der Waals surface area contributed by atoms with Crippen LogP contribution in [0.25, 0.3) is 0 Å². The van der Waals surface area contributed by atoms with Crippen molar-refractivity contribution in [1.29, 1.82) is 0 Å². The summed E-state index contributed by atoms with van der Waals surface area (Å²) in [7, 11) is 1.85. The summed E-state index contributed by atoms with van der Waals surface area (Å²) in [6.45, 7) is 7.40. The van der Waals surface area contributed by atoms with Gasteiger partial charge in [0, 0.05) is 26.7 Å². The molecule has 0 saturated carbocycles. The average molecular weight is 267 g/mol. The monoisotopic (exact) mass is 267 g/mol. The predicted octanol–water partition coefficient (Wildman–Crippen LogP) is 0.818. The summed E-state index contributed by atoms with van der Waals surface area (Å²) in [5.41, 5.74) is 1.45. The van der Waals surface area contributed by atoms with Crippen LogP contribution in [0.3, 0.4) is 0 Å². The van der Waals surface area contributed by atoms with Crippen molar-refractivity contribution >= 4 is 5.97 Å². The zero-order chi connectivity index (χ0) is 13.8. The molecule has 1 aliphatic heterocycles. The lowest BCUT2D eigenvalue weighted by Gasteiger charge is -2.31. The second kappa shape index (κ2) is 6.16. The van der Waals surface area contributed by atoms with Gasteiger partial charge in [-0.2, -0.15) is 5.10 Å². The molecule has 19 heavy (non-hydrogen) atoms. The Balaban J connectivity index is 2.10. The standard InChI is InChI=1S/C13H21N3O3/c1-4-18-13(17)11-7-14-15(3)12(11)9-16-5-6-19-10(2)8-16/h7,10H,4-6,8-9H2,1-3H3. The highest BCUT2D eigenvalue weighted by Crippen LogP contribution is 2.14. The first-order valence-corrected chi connectivity index (χ1v) is 6.63. The molecule has 1 saturated heterocycles. The Labute approximate surface area is 113 Å². The third kappa shape index (κ3) is 3.33. The zero-order valence-corrected chi connectivity index (χ0v) is 11.8. The summed E-state index contributed by atoms with van der Waals surface area (Å²) >= 11 is 0. The lowest BCUT2D eigenvalue weighted by molar-refractivity contribution is -0.0220. The molecule has 0 aliphatic carbocycles. The summed E-state index contributed by atoms with van der Waals surface area (Å²) in [6.07, 6.45) is 1.81. The highest BCUT2D eigenvalue weighted by molar-refractivity contribution is 5.90. The van der Waals surface area contributed by atoms with Crippen molar-refractivity contribution in [2.75, 3.05) is 26.3 Å². The summed E-state index contributed by atoms with van der Waals surface area (Å²) in [4.78, 5) is 14.1. The van der Waals surface area contributed by atoms with E-state index in [9.17, 15) is 4.79 Å². The smallest absolute Gasteiger partial charge is 0.341 e. The molecule has 0 aromatic carbocycles. The fourth-order valence-corrected chi connectivity index (χ4v) is 2.28. The number of aryl methyl sites for hydroxylation is 1. The van der Waals surface area contributed by atoms with Gasteiger partial charge in [-0.05, 0) is 13.8 Å². The van der Waals surface area contributed by atoms with E-state index < -0.39 is 0 Å². The molecule has 1 unspecified atom stereocenters. The second-order valence-electron chi connectivity index (χ2n) is 4.77. The zero-order valence-electron chi connectivity index (χ0n) is 11.8. The van der Waals surface area contributed by atoms with Gasteiger partial charge in [0.25, 0.3) is 0 Å². The number of morpholine rings is 1. The van der Waals surface area contributed by atoms with Crippen LogP contribution in [0.1, 0.15) is 29.9 Å². The minimum Gasteiger partial charge on any atom is -0.462 e. The molecule has 0 amide bonds. The molecular weight excluding hydrogens is 246 g/mol. The normalized spacial score (nSPS) is 20.5. The Hall–Kier alpha value is -1.40. The maximum Gasteiger partial charge on any atom is 0.341 e. The van der Waals surface area contributed by atoms with Crippen molar-refractivity contribution in [3.8, 4) is 0 Å². The number of aromatic nitrogens is 2. The van der Waals surface area contributed by atoms with Crippen LogP contribution in [0, 0.1) is 0 Å². The van der Waals surface area contributed by atoms with Crippen LogP contribution >= 0.6 is 0 Å². The van der Waals surface area contributed by atoms with Gasteiger partial charge in [-0.15, -0.1) is 0 Å². The quantitative estimate of drug-likeness (QED) is 0.756. The summed E-state index contributed by atoms with van der Waals surface area (Å²) in [6, 6.07) is 0. The van der Waals surface area contributed by atoms with Crippen molar-refractivity contribution in [2.24, 2.45) is 7.05 Å². The van der Waals surface area contributed by atoms with Crippen molar-refractivity contribution in [2.45, 2.75) is 26.5 Å². The van der Waals surface area contributed by atoms with Gasteiger partial charge in [-0.25, -0.2) is 4.79 Å². The fourth-order valence-electron chi connectivity index (χ4n) is 2.28. The number of carbonyl (C=O) groups excluding carboxylic acids is 1. The first-order chi connectivity index (χ1) is 9.11. The van der Waals surface area contributed by atoms with Crippen LogP contribution in [-0.2, 0) is 23.1 Å². The SMILES string of the molecule is CCOC(=O)c1cnn(C)c1CN1CCOC(C)C1. The van der Waals surface area contributed by atoms with Crippen molar-refractivity contribution in [3.05, 3.63) is 17.5 Å². The molecule has 6 nitrogen and oxygen atoms in total. The van der Waals surface area contributed by atoms with E-state index in [0.29, 0.717) is 18.7 Å². The second-order valence-corrected chi connectivity index (χ2v) is 4.77. The Morgan fingerprint density at radius 2 is 2.42 bits per heavy atom. The van der Waals surface area contributed by atoms with Gasteiger partial charge in [0.15, 0.2) is 0 Å². The molecule has 1 aromatic heterocycles. The number of carbonyl (C=O) groups is 1. The van der Waals surface area contributed by atoms with E-state index in [-0.39, 0.29) is 12.1 Å². The Morgan fingerprint density at radius 1 is 1.63 bits per heavy atom. The number of nitrogens with zero attached hydrogens (tertiary/aromatic N) is 3. The van der Waals surface area contributed by atoms with Gasteiger partial charge in [0.1, 0.15) is 5.56 Å². The Bertz CT molecular complexity index is 444. The number of ether oxygens (including phenoxy) is 2. The lowest BCUT2D eigenvalue weighted by Crippen LogP contribution is -2.41. The van der Waals surface area contributed by atoms with Crippen LogP contribution in [0.15, 0.2) is 6.20 Å². The van der Waals surface area contributed by atoms with E-state index in [1.807, 2.05) is 7.05 Å². The number of esters is 1. The molecular formula is C13H21N3O3. The Kier molecular flexibility index (Phi) is 4.55. The first-order valence-electron chi connectivity index (χ1n) is 6.63. The van der Waals surface area contributed by atoms with Gasteiger partial charge >= 0.3 is 5.97 Å². The third-order valence-electron chi connectivity index (χ3n) is 3.26. The molecule has 0 spiro atoms. The molecule has 1 fully saturated rings. The maximum atomic E-state index is 11.9. The minimum atomic E-state index is -0.299. The van der Waals surface area contributed by atoms with Crippen molar-refractivity contribution in [3.63, 3.8) is 0 Å².